The number of hydrogen-bond acceptors (Lipinski definition) is 5. The Morgan fingerprint density at radius 2 is 1.75 bits per heavy atom. The van der Waals surface area contributed by atoms with Crippen molar-refractivity contribution in [1.29, 1.82) is 5.26 Å². The van der Waals surface area contributed by atoms with E-state index in [4.69, 9.17) is 11.6 Å². The Morgan fingerprint density at radius 3 is 2.25 bits per heavy atom. The highest BCUT2D eigenvalue weighted by Crippen LogP contribution is 2.31. The van der Waals surface area contributed by atoms with Gasteiger partial charge in [-0.1, -0.05) is 49.3 Å². The molecule has 0 aliphatic rings. The van der Waals surface area contributed by atoms with Gasteiger partial charge in [-0.15, -0.1) is 0 Å². The second kappa shape index (κ2) is 8.91. The summed E-state index contributed by atoms with van der Waals surface area (Å²) in [6.07, 6.45) is 3.94. The lowest BCUT2D eigenvalue weighted by Gasteiger charge is -2.24. The summed E-state index contributed by atoms with van der Waals surface area (Å²) in [5.41, 5.74) is 2.07. The second-order valence-electron chi connectivity index (χ2n) is 5.36. The summed E-state index contributed by atoms with van der Waals surface area (Å²) in [5.74, 6) is 0.727. The number of aromatic nitrogens is 2. The normalized spacial score (nSPS) is 10.5. The van der Waals surface area contributed by atoms with Gasteiger partial charge in [0.15, 0.2) is 11.0 Å². The average Bonchev–Trinajstić information content (AvgIpc) is 2.61. The molecule has 0 saturated heterocycles. The first-order valence-corrected chi connectivity index (χ1v) is 9.61. The van der Waals surface area contributed by atoms with Crippen molar-refractivity contribution in [2.75, 3.05) is 24.2 Å². The van der Waals surface area contributed by atoms with Crippen LogP contribution in [0.2, 0.25) is 5.02 Å². The number of anilines is 1. The molecule has 0 aliphatic heterocycles. The zero-order chi connectivity index (χ0) is 17.5. The fraction of sp³-hybridized carbons (Fsp3) is 0.389. The molecule has 1 aromatic carbocycles. The van der Waals surface area contributed by atoms with Crippen LogP contribution in [0.5, 0.6) is 0 Å². The molecule has 2 rings (SSSR count). The third-order valence-electron chi connectivity index (χ3n) is 3.57. The number of benzene rings is 1. The van der Waals surface area contributed by atoms with Crippen LogP contribution in [0, 0.1) is 11.3 Å². The highest BCUT2D eigenvalue weighted by Gasteiger charge is 2.20. The van der Waals surface area contributed by atoms with E-state index in [1.54, 1.807) is 0 Å². The summed E-state index contributed by atoms with van der Waals surface area (Å²) in [4.78, 5) is 11.4. The zero-order valence-electron chi connectivity index (χ0n) is 14.2. The standard InChI is InChI=1S/C18H21ClN4S/c1-4-10-23(11-5-2)17-15(12-20)16(21-18(22-17)24-3)13-6-8-14(19)9-7-13/h6-9H,4-5,10-11H2,1-3H3. The average molecular weight is 361 g/mol. The Bertz CT molecular complexity index is 719. The Labute approximate surface area is 152 Å². The molecule has 0 saturated carbocycles. The van der Waals surface area contributed by atoms with E-state index >= 15 is 0 Å². The van der Waals surface area contributed by atoms with Crippen molar-refractivity contribution < 1.29 is 0 Å². The number of nitrogens with zero attached hydrogens (tertiary/aromatic N) is 4. The predicted octanol–water partition coefficient (Wildman–Crippen LogP) is 5.02. The fourth-order valence-corrected chi connectivity index (χ4v) is 3.02. The quantitative estimate of drug-likeness (QED) is 0.512. The molecule has 0 radical (unpaired) electrons. The van der Waals surface area contributed by atoms with Crippen LogP contribution in [-0.4, -0.2) is 29.3 Å². The van der Waals surface area contributed by atoms with Crippen LogP contribution in [-0.2, 0) is 0 Å². The van der Waals surface area contributed by atoms with Gasteiger partial charge in [0.1, 0.15) is 11.6 Å². The molecule has 0 unspecified atom stereocenters. The molecule has 0 spiro atoms. The summed E-state index contributed by atoms with van der Waals surface area (Å²) in [6, 6.07) is 9.73. The summed E-state index contributed by atoms with van der Waals surface area (Å²) in [7, 11) is 0. The number of hydrogen-bond donors (Lipinski definition) is 0. The van der Waals surface area contributed by atoms with Gasteiger partial charge in [0.05, 0.1) is 5.69 Å². The minimum absolute atomic E-state index is 0.525. The molecule has 0 fully saturated rings. The van der Waals surface area contributed by atoms with Crippen LogP contribution < -0.4 is 4.90 Å². The second-order valence-corrected chi connectivity index (χ2v) is 6.57. The third-order valence-corrected chi connectivity index (χ3v) is 4.37. The van der Waals surface area contributed by atoms with E-state index in [-0.39, 0.29) is 0 Å². The highest BCUT2D eigenvalue weighted by atomic mass is 35.5. The summed E-state index contributed by atoms with van der Waals surface area (Å²) < 4.78 is 0. The maximum Gasteiger partial charge on any atom is 0.189 e. The van der Waals surface area contributed by atoms with Crippen molar-refractivity contribution in [3.63, 3.8) is 0 Å². The molecule has 24 heavy (non-hydrogen) atoms. The van der Waals surface area contributed by atoms with Crippen LogP contribution >= 0.6 is 23.4 Å². The van der Waals surface area contributed by atoms with E-state index in [0.29, 0.717) is 21.4 Å². The van der Waals surface area contributed by atoms with Gasteiger partial charge in [0, 0.05) is 23.7 Å². The first kappa shape index (κ1) is 18.6. The number of thioether (sulfide) groups is 1. The highest BCUT2D eigenvalue weighted by molar-refractivity contribution is 7.98. The van der Waals surface area contributed by atoms with Crippen molar-refractivity contribution in [2.24, 2.45) is 0 Å². The minimum Gasteiger partial charge on any atom is -0.355 e. The van der Waals surface area contributed by atoms with E-state index < -0.39 is 0 Å². The van der Waals surface area contributed by atoms with E-state index in [2.05, 4.69) is 34.8 Å². The van der Waals surface area contributed by atoms with E-state index in [1.807, 2.05) is 30.5 Å². The minimum atomic E-state index is 0.525. The van der Waals surface area contributed by atoms with Crippen molar-refractivity contribution in [3.8, 4) is 17.3 Å². The fourth-order valence-electron chi connectivity index (χ4n) is 2.53. The first-order valence-electron chi connectivity index (χ1n) is 8.01. The lowest BCUT2D eigenvalue weighted by molar-refractivity contribution is 0.724. The molecule has 0 atom stereocenters. The molecule has 6 heteroatoms. The topological polar surface area (TPSA) is 52.8 Å². The Balaban J connectivity index is 2.64. The summed E-state index contributed by atoms with van der Waals surface area (Å²) >= 11 is 7.47. The Morgan fingerprint density at radius 1 is 1.12 bits per heavy atom. The molecule has 126 valence electrons. The predicted molar refractivity (Wildman–Crippen MR) is 102 cm³/mol. The van der Waals surface area contributed by atoms with Gasteiger partial charge in [0.2, 0.25) is 0 Å². The number of halogens is 1. The van der Waals surface area contributed by atoms with Crippen molar-refractivity contribution in [3.05, 3.63) is 34.9 Å². The van der Waals surface area contributed by atoms with Gasteiger partial charge in [-0.3, -0.25) is 0 Å². The largest absolute Gasteiger partial charge is 0.355 e. The SMILES string of the molecule is CCCN(CCC)c1nc(SC)nc(-c2ccc(Cl)cc2)c1C#N. The smallest absolute Gasteiger partial charge is 0.189 e. The van der Waals surface area contributed by atoms with Crippen molar-refractivity contribution in [1.82, 2.24) is 9.97 Å². The van der Waals surface area contributed by atoms with Gasteiger partial charge >= 0.3 is 0 Å². The molecule has 0 amide bonds. The van der Waals surface area contributed by atoms with Crippen molar-refractivity contribution in [2.45, 2.75) is 31.8 Å². The molecular formula is C18H21ClN4S. The van der Waals surface area contributed by atoms with E-state index in [9.17, 15) is 5.26 Å². The van der Waals surface area contributed by atoms with E-state index in [0.717, 1.165) is 37.3 Å². The molecule has 0 bridgehead atoms. The first-order chi connectivity index (χ1) is 11.6. The Kier molecular flexibility index (Phi) is 6.89. The molecule has 4 nitrogen and oxygen atoms in total. The lowest BCUT2D eigenvalue weighted by atomic mass is 10.1. The van der Waals surface area contributed by atoms with Gasteiger partial charge in [-0.05, 0) is 31.2 Å². The van der Waals surface area contributed by atoms with E-state index in [1.165, 1.54) is 11.8 Å². The van der Waals surface area contributed by atoms with Gasteiger partial charge in [-0.2, -0.15) is 5.26 Å². The molecule has 0 aliphatic carbocycles. The monoisotopic (exact) mass is 360 g/mol. The van der Waals surface area contributed by atoms with Gasteiger partial charge < -0.3 is 4.90 Å². The van der Waals surface area contributed by atoms with Gasteiger partial charge in [-0.25, -0.2) is 9.97 Å². The maximum absolute atomic E-state index is 9.77. The summed E-state index contributed by atoms with van der Waals surface area (Å²) in [5, 5.41) is 11.1. The van der Waals surface area contributed by atoms with Crippen LogP contribution in [0.25, 0.3) is 11.3 Å². The van der Waals surface area contributed by atoms with Crippen LogP contribution in [0.15, 0.2) is 29.4 Å². The third kappa shape index (κ3) is 4.19. The zero-order valence-corrected chi connectivity index (χ0v) is 15.8. The Hall–Kier alpha value is -1.77. The summed E-state index contributed by atoms with van der Waals surface area (Å²) in [6.45, 7) is 6.00. The molecule has 0 N–H and O–H groups in total. The molecule has 1 aromatic heterocycles. The molecular weight excluding hydrogens is 340 g/mol. The molecule has 1 heterocycles. The number of rotatable bonds is 7. The van der Waals surface area contributed by atoms with Crippen LogP contribution in [0.1, 0.15) is 32.3 Å². The number of nitriles is 1. The maximum atomic E-state index is 9.77. The van der Waals surface area contributed by atoms with Gasteiger partial charge in [0.25, 0.3) is 0 Å². The van der Waals surface area contributed by atoms with Crippen LogP contribution in [0.3, 0.4) is 0 Å². The lowest BCUT2D eigenvalue weighted by Crippen LogP contribution is -2.27. The molecule has 2 aromatic rings. The van der Waals surface area contributed by atoms with Crippen molar-refractivity contribution >= 4 is 29.2 Å². The van der Waals surface area contributed by atoms with Crippen LogP contribution in [0.4, 0.5) is 5.82 Å².